The normalized spacial score (nSPS) is 15.4. The summed E-state index contributed by atoms with van der Waals surface area (Å²) >= 11 is 0. The molecule has 2 aromatic carbocycles. The molecule has 27 heavy (non-hydrogen) atoms. The minimum atomic E-state index is -4.83. The van der Waals surface area contributed by atoms with Crippen LogP contribution < -0.4 is 14.4 Å². The number of hydrogen-bond donors (Lipinski definition) is 1. The van der Waals surface area contributed by atoms with Crippen molar-refractivity contribution in [3.63, 3.8) is 0 Å². The topological polar surface area (TPSA) is 67.9 Å². The Labute approximate surface area is 154 Å². The van der Waals surface area contributed by atoms with Crippen LogP contribution in [0.1, 0.15) is 0 Å². The third-order valence-electron chi connectivity index (χ3n) is 3.84. The monoisotopic (exact) mass is 402 g/mol. The zero-order valence-electron chi connectivity index (χ0n) is 14.1. The Kier molecular flexibility index (Phi) is 5.47. The van der Waals surface area contributed by atoms with Crippen molar-refractivity contribution in [2.24, 2.45) is 0 Å². The van der Waals surface area contributed by atoms with E-state index in [0.717, 1.165) is 30.0 Å². The van der Waals surface area contributed by atoms with Crippen molar-refractivity contribution in [3.8, 4) is 5.75 Å². The molecule has 1 fully saturated rings. The Balaban J connectivity index is 1.74. The average molecular weight is 402 g/mol. The van der Waals surface area contributed by atoms with Crippen molar-refractivity contribution in [3.05, 3.63) is 48.5 Å². The molecule has 6 nitrogen and oxygen atoms in total. The van der Waals surface area contributed by atoms with Crippen molar-refractivity contribution in [2.75, 3.05) is 35.9 Å². The Morgan fingerprint density at radius 3 is 2.33 bits per heavy atom. The summed E-state index contributed by atoms with van der Waals surface area (Å²) in [5.74, 6) is -0.490. The minimum Gasteiger partial charge on any atom is -0.406 e. The first-order chi connectivity index (χ1) is 12.7. The highest BCUT2D eigenvalue weighted by Crippen LogP contribution is 2.26. The van der Waals surface area contributed by atoms with E-state index in [0.29, 0.717) is 32.0 Å². The van der Waals surface area contributed by atoms with Gasteiger partial charge in [0.15, 0.2) is 0 Å². The molecule has 1 aliphatic rings. The Bertz CT molecular complexity index is 880. The lowest BCUT2D eigenvalue weighted by atomic mass is 10.2. The molecule has 1 heterocycles. The maximum atomic E-state index is 12.5. The van der Waals surface area contributed by atoms with Crippen molar-refractivity contribution in [2.45, 2.75) is 11.3 Å². The van der Waals surface area contributed by atoms with Gasteiger partial charge in [-0.25, -0.2) is 8.42 Å². The molecule has 10 heteroatoms. The number of ether oxygens (including phenoxy) is 2. The fraction of sp³-hybridized carbons (Fsp3) is 0.294. The molecule has 0 saturated carbocycles. The molecule has 146 valence electrons. The van der Waals surface area contributed by atoms with Gasteiger partial charge in [0, 0.05) is 18.8 Å². The van der Waals surface area contributed by atoms with Gasteiger partial charge in [0.1, 0.15) is 5.75 Å². The van der Waals surface area contributed by atoms with Crippen LogP contribution in [-0.4, -0.2) is 41.1 Å². The molecule has 0 atom stereocenters. The summed E-state index contributed by atoms with van der Waals surface area (Å²) in [6.07, 6.45) is -4.83. The lowest BCUT2D eigenvalue weighted by Gasteiger charge is -2.29. The molecule has 1 N–H and O–H groups in total. The van der Waals surface area contributed by atoms with E-state index in [1.165, 1.54) is 0 Å². The molecule has 3 rings (SSSR count). The molecule has 0 bridgehead atoms. The number of nitrogens with zero attached hydrogens (tertiary/aromatic N) is 1. The third kappa shape index (κ3) is 5.27. The second-order valence-electron chi connectivity index (χ2n) is 5.77. The predicted molar refractivity (Wildman–Crippen MR) is 93.4 cm³/mol. The fourth-order valence-corrected chi connectivity index (χ4v) is 3.67. The first-order valence-corrected chi connectivity index (χ1v) is 9.53. The Morgan fingerprint density at radius 1 is 1.04 bits per heavy atom. The molecule has 1 saturated heterocycles. The number of benzene rings is 2. The summed E-state index contributed by atoms with van der Waals surface area (Å²) < 4.78 is 73.0. The predicted octanol–water partition coefficient (Wildman–Crippen LogP) is 3.22. The molecule has 0 spiro atoms. The van der Waals surface area contributed by atoms with E-state index in [1.807, 2.05) is 6.07 Å². The first kappa shape index (κ1) is 19.3. The number of hydrogen-bond acceptors (Lipinski definition) is 5. The molecule has 0 unspecified atom stereocenters. The van der Waals surface area contributed by atoms with E-state index in [4.69, 9.17) is 4.74 Å². The van der Waals surface area contributed by atoms with E-state index in [9.17, 15) is 21.6 Å². The van der Waals surface area contributed by atoms with Crippen LogP contribution in [-0.2, 0) is 14.8 Å². The summed E-state index contributed by atoms with van der Waals surface area (Å²) in [6.45, 7) is 2.61. The van der Waals surface area contributed by atoms with Gasteiger partial charge in [-0.2, -0.15) is 0 Å². The number of alkyl halides is 3. The molecule has 0 amide bonds. The van der Waals surface area contributed by atoms with E-state index < -0.39 is 22.1 Å². The van der Waals surface area contributed by atoms with Gasteiger partial charge in [-0.05, 0) is 42.5 Å². The van der Waals surface area contributed by atoms with Crippen LogP contribution in [0.2, 0.25) is 0 Å². The SMILES string of the molecule is O=S(=O)(Nc1cccc(N2CCOCC2)c1)c1ccc(OC(F)(F)F)cc1. The lowest BCUT2D eigenvalue weighted by molar-refractivity contribution is -0.274. The standard InChI is InChI=1S/C17H17F3N2O4S/c18-17(19,20)26-15-4-6-16(7-5-15)27(23,24)21-13-2-1-3-14(12-13)22-8-10-25-11-9-22/h1-7,12,21H,8-11H2. The largest absolute Gasteiger partial charge is 0.573 e. The van der Waals surface area contributed by atoms with Crippen molar-refractivity contribution in [1.82, 2.24) is 0 Å². The maximum absolute atomic E-state index is 12.5. The van der Waals surface area contributed by atoms with Crippen LogP contribution in [0.3, 0.4) is 0 Å². The van der Waals surface area contributed by atoms with Crippen molar-refractivity contribution >= 4 is 21.4 Å². The van der Waals surface area contributed by atoms with Gasteiger partial charge >= 0.3 is 6.36 Å². The van der Waals surface area contributed by atoms with Crippen molar-refractivity contribution < 1.29 is 31.1 Å². The molecule has 1 aliphatic heterocycles. The molecular formula is C17H17F3N2O4S. The van der Waals surface area contributed by atoms with Crippen LogP contribution in [0.5, 0.6) is 5.75 Å². The summed E-state index contributed by atoms with van der Waals surface area (Å²) in [5.41, 5.74) is 1.21. The smallest absolute Gasteiger partial charge is 0.406 e. The maximum Gasteiger partial charge on any atom is 0.573 e. The zero-order chi connectivity index (χ0) is 19.5. The highest BCUT2D eigenvalue weighted by atomic mass is 32.2. The number of rotatable bonds is 5. The summed E-state index contributed by atoms with van der Waals surface area (Å²) in [4.78, 5) is 1.90. The first-order valence-electron chi connectivity index (χ1n) is 8.04. The Morgan fingerprint density at radius 2 is 1.70 bits per heavy atom. The molecule has 0 radical (unpaired) electrons. The van der Waals surface area contributed by atoms with Gasteiger partial charge < -0.3 is 14.4 Å². The van der Waals surface area contributed by atoms with Gasteiger partial charge in [0.05, 0.1) is 23.8 Å². The number of anilines is 2. The van der Waals surface area contributed by atoms with E-state index in [2.05, 4.69) is 14.4 Å². The summed E-state index contributed by atoms with van der Waals surface area (Å²) in [6, 6.07) is 10.9. The van der Waals surface area contributed by atoms with E-state index in [1.54, 1.807) is 18.2 Å². The number of morpholine rings is 1. The second kappa shape index (κ2) is 7.65. The van der Waals surface area contributed by atoms with Crippen LogP contribution in [0.4, 0.5) is 24.5 Å². The quantitative estimate of drug-likeness (QED) is 0.832. The van der Waals surface area contributed by atoms with E-state index >= 15 is 0 Å². The third-order valence-corrected chi connectivity index (χ3v) is 5.24. The van der Waals surface area contributed by atoms with Gasteiger partial charge in [0.2, 0.25) is 0 Å². The number of halogens is 3. The van der Waals surface area contributed by atoms with Gasteiger partial charge in [-0.3, -0.25) is 4.72 Å². The second-order valence-corrected chi connectivity index (χ2v) is 7.46. The number of sulfonamides is 1. The van der Waals surface area contributed by atoms with Crippen LogP contribution in [0.15, 0.2) is 53.4 Å². The van der Waals surface area contributed by atoms with Gasteiger partial charge in [-0.1, -0.05) is 6.07 Å². The van der Waals surface area contributed by atoms with E-state index in [-0.39, 0.29) is 4.90 Å². The fourth-order valence-electron chi connectivity index (χ4n) is 2.62. The van der Waals surface area contributed by atoms with Gasteiger partial charge in [-0.15, -0.1) is 13.2 Å². The van der Waals surface area contributed by atoms with Crippen LogP contribution >= 0.6 is 0 Å². The molecule has 0 aromatic heterocycles. The van der Waals surface area contributed by atoms with Crippen LogP contribution in [0, 0.1) is 0 Å². The lowest BCUT2D eigenvalue weighted by Crippen LogP contribution is -2.36. The van der Waals surface area contributed by atoms with Crippen LogP contribution in [0.25, 0.3) is 0 Å². The van der Waals surface area contributed by atoms with Gasteiger partial charge in [0.25, 0.3) is 10.0 Å². The Hall–Kier alpha value is -2.46. The highest BCUT2D eigenvalue weighted by Gasteiger charge is 2.31. The minimum absolute atomic E-state index is 0.172. The zero-order valence-corrected chi connectivity index (χ0v) is 14.9. The molecule has 0 aliphatic carbocycles. The highest BCUT2D eigenvalue weighted by molar-refractivity contribution is 7.92. The molecule has 2 aromatic rings. The number of nitrogens with one attached hydrogen (secondary N) is 1. The molecular weight excluding hydrogens is 385 g/mol. The summed E-state index contributed by atoms with van der Waals surface area (Å²) in [5, 5.41) is 0. The average Bonchev–Trinajstić information content (AvgIpc) is 2.61. The summed E-state index contributed by atoms with van der Waals surface area (Å²) in [7, 11) is -3.95. The van der Waals surface area contributed by atoms with Crippen molar-refractivity contribution in [1.29, 1.82) is 0 Å².